The van der Waals surface area contributed by atoms with E-state index in [2.05, 4.69) is 29.6 Å². The summed E-state index contributed by atoms with van der Waals surface area (Å²) in [5.74, 6) is 1.43. The molecule has 3 rings (SSSR count). The van der Waals surface area contributed by atoms with Crippen LogP contribution in [0.4, 0.5) is 0 Å². The van der Waals surface area contributed by atoms with Gasteiger partial charge < -0.3 is 15.8 Å². The molecule has 132 valence electrons. The van der Waals surface area contributed by atoms with E-state index in [1.54, 1.807) is 7.11 Å². The highest BCUT2D eigenvalue weighted by Gasteiger charge is 2.31. The Morgan fingerprint density at radius 2 is 1.72 bits per heavy atom. The number of carbonyl (C=O) groups excluding carboxylic acids is 1. The molecule has 0 spiro atoms. The summed E-state index contributed by atoms with van der Waals surface area (Å²) in [5.41, 5.74) is 9.17. The van der Waals surface area contributed by atoms with Crippen molar-refractivity contribution in [3.05, 3.63) is 54.1 Å². The largest absolute Gasteiger partial charge is 0.497 e. The van der Waals surface area contributed by atoms with E-state index in [9.17, 15) is 4.79 Å². The zero-order valence-corrected chi connectivity index (χ0v) is 14.7. The molecule has 2 atom stereocenters. The molecule has 3 N–H and O–H groups in total. The molecule has 0 heterocycles. The monoisotopic (exact) mass is 338 g/mol. The molecule has 0 unspecified atom stereocenters. The first-order chi connectivity index (χ1) is 12.2. The number of methoxy groups -OCH3 is 1. The summed E-state index contributed by atoms with van der Waals surface area (Å²) < 4.78 is 5.19. The minimum Gasteiger partial charge on any atom is -0.497 e. The number of carbonyl (C=O) groups is 1. The maximum Gasteiger partial charge on any atom is 0.223 e. The SMILES string of the molecule is COc1ccc(-c2ccc(CNC(=O)[C@@H]3CCC[C@@H]3CN)cc2)cc1. The van der Waals surface area contributed by atoms with Gasteiger partial charge in [-0.15, -0.1) is 0 Å². The number of nitrogens with one attached hydrogen (secondary N) is 1. The van der Waals surface area contributed by atoms with Crippen LogP contribution in [0.1, 0.15) is 24.8 Å². The van der Waals surface area contributed by atoms with E-state index in [0.717, 1.165) is 41.7 Å². The van der Waals surface area contributed by atoms with Crippen molar-refractivity contribution < 1.29 is 9.53 Å². The van der Waals surface area contributed by atoms with E-state index in [1.807, 2.05) is 24.3 Å². The zero-order valence-electron chi connectivity index (χ0n) is 14.7. The first-order valence-corrected chi connectivity index (χ1v) is 8.92. The molecule has 0 saturated heterocycles. The molecule has 4 nitrogen and oxygen atoms in total. The smallest absolute Gasteiger partial charge is 0.223 e. The van der Waals surface area contributed by atoms with Gasteiger partial charge in [0.05, 0.1) is 7.11 Å². The Morgan fingerprint density at radius 1 is 1.08 bits per heavy atom. The molecule has 1 aliphatic carbocycles. The zero-order chi connectivity index (χ0) is 17.6. The molecule has 1 amide bonds. The van der Waals surface area contributed by atoms with E-state index < -0.39 is 0 Å². The average Bonchev–Trinajstić information content (AvgIpc) is 3.15. The van der Waals surface area contributed by atoms with Crippen LogP contribution in [-0.2, 0) is 11.3 Å². The Hall–Kier alpha value is -2.33. The minimum atomic E-state index is 0.0866. The van der Waals surface area contributed by atoms with E-state index in [-0.39, 0.29) is 11.8 Å². The lowest BCUT2D eigenvalue weighted by atomic mass is 9.95. The van der Waals surface area contributed by atoms with Crippen LogP contribution in [0.5, 0.6) is 5.75 Å². The van der Waals surface area contributed by atoms with Crippen molar-refractivity contribution >= 4 is 5.91 Å². The van der Waals surface area contributed by atoms with Crippen LogP contribution in [0.3, 0.4) is 0 Å². The number of amides is 1. The van der Waals surface area contributed by atoms with Crippen molar-refractivity contribution in [2.24, 2.45) is 17.6 Å². The summed E-state index contributed by atoms with van der Waals surface area (Å²) in [5, 5.41) is 3.07. The summed E-state index contributed by atoms with van der Waals surface area (Å²) >= 11 is 0. The lowest BCUT2D eigenvalue weighted by molar-refractivity contribution is -0.126. The van der Waals surface area contributed by atoms with Crippen LogP contribution < -0.4 is 15.8 Å². The second-order valence-electron chi connectivity index (χ2n) is 6.68. The Kier molecular flexibility index (Phi) is 5.71. The fraction of sp³-hybridized carbons (Fsp3) is 0.381. The average molecular weight is 338 g/mol. The molecular formula is C21H26N2O2. The van der Waals surface area contributed by atoms with Crippen LogP contribution in [0.25, 0.3) is 11.1 Å². The predicted molar refractivity (Wildman–Crippen MR) is 100 cm³/mol. The van der Waals surface area contributed by atoms with Gasteiger partial charge in [0.15, 0.2) is 0 Å². The van der Waals surface area contributed by atoms with E-state index in [0.29, 0.717) is 19.0 Å². The molecule has 0 aromatic heterocycles. The highest BCUT2D eigenvalue weighted by atomic mass is 16.5. The fourth-order valence-electron chi connectivity index (χ4n) is 3.58. The van der Waals surface area contributed by atoms with Crippen LogP contribution in [0.15, 0.2) is 48.5 Å². The molecule has 1 aliphatic rings. The van der Waals surface area contributed by atoms with Gasteiger partial charge in [-0.3, -0.25) is 4.79 Å². The van der Waals surface area contributed by atoms with Gasteiger partial charge in [0, 0.05) is 12.5 Å². The lowest BCUT2D eigenvalue weighted by Crippen LogP contribution is -2.34. The molecule has 2 aromatic rings. The predicted octanol–water partition coefficient (Wildman–Crippen LogP) is 3.35. The Labute approximate surface area is 149 Å². The molecule has 0 aliphatic heterocycles. The highest BCUT2D eigenvalue weighted by molar-refractivity contribution is 5.79. The Bertz CT molecular complexity index is 695. The van der Waals surface area contributed by atoms with Gasteiger partial charge in [0.25, 0.3) is 0 Å². The highest BCUT2D eigenvalue weighted by Crippen LogP contribution is 2.31. The summed E-state index contributed by atoms with van der Waals surface area (Å²) in [7, 11) is 1.67. The Morgan fingerprint density at radius 3 is 2.32 bits per heavy atom. The van der Waals surface area contributed by atoms with Gasteiger partial charge in [-0.25, -0.2) is 0 Å². The molecule has 25 heavy (non-hydrogen) atoms. The van der Waals surface area contributed by atoms with Gasteiger partial charge >= 0.3 is 0 Å². The molecule has 4 heteroatoms. The van der Waals surface area contributed by atoms with E-state index >= 15 is 0 Å². The molecule has 0 radical (unpaired) electrons. The molecule has 1 saturated carbocycles. The summed E-state index contributed by atoms with van der Waals surface area (Å²) in [6.45, 7) is 1.17. The quantitative estimate of drug-likeness (QED) is 0.849. The second-order valence-corrected chi connectivity index (χ2v) is 6.68. The first kappa shape index (κ1) is 17.5. The van der Waals surface area contributed by atoms with Crippen LogP contribution in [-0.4, -0.2) is 19.6 Å². The van der Waals surface area contributed by atoms with E-state index in [1.165, 1.54) is 0 Å². The minimum absolute atomic E-state index is 0.0866. The van der Waals surface area contributed by atoms with Crippen LogP contribution in [0.2, 0.25) is 0 Å². The van der Waals surface area contributed by atoms with Crippen molar-refractivity contribution in [1.29, 1.82) is 0 Å². The third kappa shape index (κ3) is 4.20. The maximum absolute atomic E-state index is 12.4. The van der Waals surface area contributed by atoms with Crippen LogP contribution in [0, 0.1) is 11.8 Å². The number of rotatable bonds is 6. The normalized spacial score (nSPS) is 19.6. The second kappa shape index (κ2) is 8.17. The third-order valence-corrected chi connectivity index (χ3v) is 5.14. The van der Waals surface area contributed by atoms with Gasteiger partial charge in [-0.05, 0) is 54.1 Å². The van der Waals surface area contributed by atoms with Crippen molar-refractivity contribution in [2.45, 2.75) is 25.8 Å². The summed E-state index contributed by atoms with van der Waals surface area (Å²) in [6, 6.07) is 16.3. The van der Waals surface area contributed by atoms with Crippen molar-refractivity contribution in [2.75, 3.05) is 13.7 Å². The Balaban J connectivity index is 1.58. The number of hydrogen-bond donors (Lipinski definition) is 2. The van der Waals surface area contributed by atoms with Gasteiger partial charge in [-0.2, -0.15) is 0 Å². The topological polar surface area (TPSA) is 64.3 Å². The van der Waals surface area contributed by atoms with Crippen molar-refractivity contribution in [3.8, 4) is 16.9 Å². The van der Waals surface area contributed by atoms with E-state index in [4.69, 9.17) is 10.5 Å². The molecule has 1 fully saturated rings. The van der Waals surface area contributed by atoms with Gasteiger partial charge in [0.1, 0.15) is 5.75 Å². The summed E-state index contributed by atoms with van der Waals surface area (Å²) in [4.78, 5) is 12.4. The molecule has 0 bridgehead atoms. The molecular weight excluding hydrogens is 312 g/mol. The fourth-order valence-corrected chi connectivity index (χ4v) is 3.58. The van der Waals surface area contributed by atoms with Gasteiger partial charge in [-0.1, -0.05) is 42.8 Å². The van der Waals surface area contributed by atoms with Crippen LogP contribution >= 0.6 is 0 Å². The maximum atomic E-state index is 12.4. The third-order valence-electron chi connectivity index (χ3n) is 5.14. The number of ether oxygens (including phenoxy) is 1. The van der Waals surface area contributed by atoms with Crippen molar-refractivity contribution in [1.82, 2.24) is 5.32 Å². The number of benzene rings is 2. The van der Waals surface area contributed by atoms with Crippen molar-refractivity contribution in [3.63, 3.8) is 0 Å². The standard InChI is InChI=1S/C21H26N2O2/c1-25-19-11-9-17(10-12-19)16-7-5-15(6-8-16)14-23-21(24)20-4-2-3-18(20)13-22/h5-12,18,20H,2-4,13-14,22H2,1H3,(H,23,24)/t18-,20-/m1/s1. The number of hydrogen-bond acceptors (Lipinski definition) is 3. The molecule has 2 aromatic carbocycles. The summed E-state index contributed by atoms with van der Waals surface area (Å²) in [6.07, 6.45) is 3.14. The van der Waals surface area contributed by atoms with Gasteiger partial charge in [0.2, 0.25) is 5.91 Å². The lowest BCUT2D eigenvalue weighted by Gasteiger charge is -2.17. The number of nitrogens with two attached hydrogens (primary N) is 1. The first-order valence-electron chi connectivity index (χ1n) is 8.92.